The first-order valence-electron chi connectivity index (χ1n) is 4.93. The van der Waals surface area contributed by atoms with E-state index in [1.54, 1.807) is 0 Å². The van der Waals surface area contributed by atoms with Gasteiger partial charge >= 0.3 is 0 Å². The predicted octanol–water partition coefficient (Wildman–Crippen LogP) is 2.21. The monoisotopic (exact) mass is 174 g/mol. The molecule has 0 aromatic heterocycles. The zero-order valence-electron chi connectivity index (χ0n) is 8.55. The summed E-state index contributed by atoms with van der Waals surface area (Å²) in [6, 6.07) is 0. The van der Waals surface area contributed by atoms with Crippen molar-refractivity contribution in [1.29, 1.82) is 0 Å². The number of hydrogen-bond donors (Lipinski definition) is 1. The van der Waals surface area contributed by atoms with Gasteiger partial charge in [-0.3, -0.25) is 0 Å². The summed E-state index contributed by atoms with van der Waals surface area (Å²) in [4.78, 5) is 0. The van der Waals surface area contributed by atoms with Crippen LogP contribution in [0.1, 0.15) is 40.0 Å². The number of aliphatic hydroxyl groups is 1. The summed E-state index contributed by atoms with van der Waals surface area (Å²) < 4.78 is 5.53. The van der Waals surface area contributed by atoms with Gasteiger partial charge in [0.05, 0.1) is 6.10 Å². The van der Waals surface area contributed by atoms with Crippen molar-refractivity contribution in [2.75, 3.05) is 13.2 Å². The Labute approximate surface area is 75.9 Å². The molecular formula is C10H22O2. The van der Waals surface area contributed by atoms with E-state index in [4.69, 9.17) is 9.84 Å². The molecule has 0 bridgehead atoms. The fourth-order valence-corrected chi connectivity index (χ4v) is 0.953. The van der Waals surface area contributed by atoms with Crippen LogP contribution in [0.2, 0.25) is 0 Å². The van der Waals surface area contributed by atoms with Crippen LogP contribution in [0.4, 0.5) is 0 Å². The van der Waals surface area contributed by atoms with E-state index >= 15 is 0 Å². The molecule has 0 rings (SSSR count). The zero-order chi connectivity index (χ0) is 9.40. The van der Waals surface area contributed by atoms with Crippen molar-refractivity contribution in [2.24, 2.45) is 5.92 Å². The first-order chi connectivity index (χ1) is 5.70. The molecule has 2 unspecified atom stereocenters. The Morgan fingerprint density at radius 1 is 1.25 bits per heavy atom. The Balaban J connectivity index is 3.18. The lowest BCUT2D eigenvalue weighted by Gasteiger charge is -2.13. The summed E-state index contributed by atoms with van der Waals surface area (Å²) in [7, 11) is 0. The van der Waals surface area contributed by atoms with Crippen molar-refractivity contribution in [1.82, 2.24) is 0 Å². The minimum atomic E-state index is 0.296. The maximum atomic E-state index is 8.65. The molecule has 0 aromatic carbocycles. The van der Waals surface area contributed by atoms with Gasteiger partial charge in [-0.25, -0.2) is 0 Å². The average Bonchev–Trinajstić information content (AvgIpc) is 2.04. The molecule has 0 saturated heterocycles. The van der Waals surface area contributed by atoms with Crippen molar-refractivity contribution in [2.45, 2.75) is 46.1 Å². The van der Waals surface area contributed by atoms with Gasteiger partial charge in [-0.1, -0.05) is 13.8 Å². The predicted molar refractivity (Wildman–Crippen MR) is 51.2 cm³/mol. The number of rotatable bonds is 7. The Morgan fingerprint density at radius 2 is 1.92 bits per heavy atom. The lowest BCUT2D eigenvalue weighted by Crippen LogP contribution is -2.10. The second kappa shape index (κ2) is 7.56. The van der Waals surface area contributed by atoms with Crippen molar-refractivity contribution in [3.05, 3.63) is 0 Å². The minimum absolute atomic E-state index is 0.296. The van der Waals surface area contributed by atoms with Crippen molar-refractivity contribution >= 4 is 0 Å². The molecule has 0 radical (unpaired) electrons. The standard InChI is InChI=1S/C10H22O2/c1-4-10(3)12-8-6-9(2)5-7-11/h9-11H,4-8H2,1-3H3. The number of hydrogen-bond acceptors (Lipinski definition) is 2. The molecular weight excluding hydrogens is 152 g/mol. The Bertz CT molecular complexity index is 93.8. The lowest BCUT2D eigenvalue weighted by atomic mass is 10.1. The fourth-order valence-electron chi connectivity index (χ4n) is 0.953. The molecule has 0 aliphatic carbocycles. The molecule has 0 aliphatic heterocycles. The summed E-state index contributed by atoms with van der Waals surface area (Å²) in [5.74, 6) is 0.582. The van der Waals surface area contributed by atoms with Crippen molar-refractivity contribution in [3.63, 3.8) is 0 Å². The van der Waals surface area contributed by atoms with Crippen LogP contribution in [0.25, 0.3) is 0 Å². The zero-order valence-corrected chi connectivity index (χ0v) is 8.55. The van der Waals surface area contributed by atoms with Gasteiger partial charge in [-0.05, 0) is 32.1 Å². The first kappa shape index (κ1) is 11.9. The highest BCUT2D eigenvalue weighted by Gasteiger charge is 2.02. The van der Waals surface area contributed by atoms with Crippen LogP contribution in [0.5, 0.6) is 0 Å². The highest BCUT2D eigenvalue weighted by Crippen LogP contribution is 2.07. The van der Waals surface area contributed by atoms with E-state index in [2.05, 4.69) is 20.8 Å². The summed E-state index contributed by atoms with van der Waals surface area (Å²) in [5, 5.41) is 8.65. The van der Waals surface area contributed by atoms with E-state index in [0.717, 1.165) is 25.9 Å². The van der Waals surface area contributed by atoms with Gasteiger partial charge in [0.25, 0.3) is 0 Å². The Kier molecular flexibility index (Phi) is 7.51. The molecule has 0 saturated carbocycles. The van der Waals surface area contributed by atoms with E-state index in [1.165, 1.54) is 0 Å². The average molecular weight is 174 g/mol. The molecule has 1 N–H and O–H groups in total. The molecule has 0 spiro atoms. The molecule has 0 amide bonds. The van der Waals surface area contributed by atoms with Gasteiger partial charge < -0.3 is 9.84 Å². The molecule has 2 nitrogen and oxygen atoms in total. The van der Waals surface area contributed by atoms with Crippen LogP contribution < -0.4 is 0 Å². The van der Waals surface area contributed by atoms with Crippen LogP contribution in [0.3, 0.4) is 0 Å². The van der Waals surface area contributed by atoms with Gasteiger partial charge in [0.15, 0.2) is 0 Å². The summed E-state index contributed by atoms with van der Waals surface area (Å²) >= 11 is 0. The molecule has 74 valence electrons. The van der Waals surface area contributed by atoms with Gasteiger partial charge in [-0.2, -0.15) is 0 Å². The van der Waals surface area contributed by atoms with Crippen LogP contribution in [-0.2, 0) is 4.74 Å². The normalized spacial score (nSPS) is 16.0. The second-order valence-corrected chi connectivity index (χ2v) is 3.50. The quantitative estimate of drug-likeness (QED) is 0.641. The molecule has 0 heterocycles. The molecule has 0 aliphatic rings. The van der Waals surface area contributed by atoms with Crippen molar-refractivity contribution in [3.8, 4) is 0 Å². The highest BCUT2D eigenvalue weighted by molar-refractivity contribution is 4.52. The SMILES string of the molecule is CCC(C)OCCC(C)CCO. The summed E-state index contributed by atoms with van der Waals surface area (Å²) in [5.41, 5.74) is 0. The molecule has 12 heavy (non-hydrogen) atoms. The van der Waals surface area contributed by atoms with Gasteiger partial charge in [0.2, 0.25) is 0 Å². The van der Waals surface area contributed by atoms with Gasteiger partial charge in [0, 0.05) is 13.2 Å². The number of aliphatic hydroxyl groups excluding tert-OH is 1. The molecule has 0 aromatic rings. The van der Waals surface area contributed by atoms with Gasteiger partial charge in [-0.15, -0.1) is 0 Å². The van der Waals surface area contributed by atoms with E-state index in [1.807, 2.05) is 0 Å². The smallest absolute Gasteiger partial charge is 0.0544 e. The maximum absolute atomic E-state index is 8.65. The summed E-state index contributed by atoms with van der Waals surface area (Å²) in [6.45, 7) is 7.50. The Hall–Kier alpha value is -0.0800. The lowest BCUT2D eigenvalue weighted by molar-refractivity contribution is 0.0536. The van der Waals surface area contributed by atoms with E-state index in [-0.39, 0.29) is 0 Å². The van der Waals surface area contributed by atoms with Crippen LogP contribution >= 0.6 is 0 Å². The van der Waals surface area contributed by atoms with Gasteiger partial charge in [0.1, 0.15) is 0 Å². The van der Waals surface area contributed by atoms with Crippen LogP contribution in [0.15, 0.2) is 0 Å². The summed E-state index contributed by atoms with van der Waals surface area (Å²) in [6.07, 6.45) is 3.41. The van der Waals surface area contributed by atoms with Crippen LogP contribution in [0, 0.1) is 5.92 Å². The maximum Gasteiger partial charge on any atom is 0.0544 e. The molecule has 2 heteroatoms. The van der Waals surface area contributed by atoms with E-state index < -0.39 is 0 Å². The first-order valence-corrected chi connectivity index (χ1v) is 4.93. The van der Waals surface area contributed by atoms with E-state index in [9.17, 15) is 0 Å². The third-order valence-corrected chi connectivity index (χ3v) is 2.21. The largest absolute Gasteiger partial charge is 0.396 e. The second-order valence-electron chi connectivity index (χ2n) is 3.50. The number of ether oxygens (including phenoxy) is 1. The highest BCUT2D eigenvalue weighted by atomic mass is 16.5. The topological polar surface area (TPSA) is 29.5 Å². The third kappa shape index (κ3) is 6.62. The molecule has 0 fully saturated rings. The van der Waals surface area contributed by atoms with Crippen LogP contribution in [-0.4, -0.2) is 24.4 Å². The minimum Gasteiger partial charge on any atom is -0.396 e. The van der Waals surface area contributed by atoms with Crippen molar-refractivity contribution < 1.29 is 9.84 Å². The van der Waals surface area contributed by atoms with E-state index in [0.29, 0.717) is 18.6 Å². The Morgan fingerprint density at radius 3 is 2.42 bits per heavy atom. The fraction of sp³-hybridized carbons (Fsp3) is 1.00. The molecule has 2 atom stereocenters. The third-order valence-electron chi connectivity index (χ3n) is 2.21.